The van der Waals surface area contributed by atoms with E-state index in [-0.39, 0.29) is 11.8 Å². The summed E-state index contributed by atoms with van der Waals surface area (Å²) in [6.07, 6.45) is 3.86. The summed E-state index contributed by atoms with van der Waals surface area (Å²) in [5.41, 5.74) is 7.31. The second-order valence-corrected chi connectivity index (χ2v) is 4.69. The van der Waals surface area contributed by atoms with Crippen molar-refractivity contribution in [3.63, 3.8) is 0 Å². The molecule has 122 valence electrons. The molecular weight excluding hydrogens is 309 g/mol. The molecule has 2 aromatic rings. The van der Waals surface area contributed by atoms with Gasteiger partial charge in [-0.15, -0.1) is 0 Å². The molecule has 1 aromatic heterocycles. The van der Waals surface area contributed by atoms with Crippen molar-refractivity contribution in [3.05, 3.63) is 59.3 Å². The van der Waals surface area contributed by atoms with E-state index in [1.54, 1.807) is 25.2 Å². The second kappa shape index (κ2) is 8.24. The van der Waals surface area contributed by atoms with Crippen molar-refractivity contribution >= 4 is 18.0 Å². The Labute approximate surface area is 138 Å². The van der Waals surface area contributed by atoms with Crippen LogP contribution < -0.4 is 16.4 Å². The van der Waals surface area contributed by atoms with Crippen molar-refractivity contribution in [2.24, 2.45) is 10.7 Å². The maximum Gasteiger partial charge on any atom is 0.229 e. The molecule has 0 bridgehead atoms. The minimum Gasteiger partial charge on any atom is -0.403 e. The topological polar surface area (TPSA) is 112 Å². The third kappa shape index (κ3) is 4.51. The zero-order chi connectivity index (χ0) is 17.4. The number of anilines is 2. The van der Waals surface area contributed by atoms with E-state index in [1.807, 2.05) is 6.07 Å². The summed E-state index contributed by atoms with van der Waals surface area (Å²) in [5.74, 6) is -0.361. The molecule has 0 saturated carbocycles. The quantitative estimate of drug-likeness (QED) is 0.700. The van der Waals surface area contributed by atoms with Crippen molar-refractivity contribution in [1.29, 1.82) is 5.26 Å². The van der Waals surface area contributed by atoms with E-state index in [2.05, 4.69) is 31.7 Å². The minimum absolute atomic E-state index is 0.0414. The van der Waals surface area contributed by atoms with Gasteiger partial charge in [0.1, 0.15) is 0 Å². The molecule has 0 aliphatic heterocycles. The lowest BCUT2D eigenvalue weighted by atomic mass is 10.1. The molecule has 0 spiro atoms. The van der Waals surface area contributed by atoms with Gasteiger partial charge in [-0.1, -0.05) is 12.1 Å². The predicted molar refractivity (Wildman–Crippen MR) is 90.8 cm³/mol. The first kappa shape index (κ1) is 16.9. The molecule has 1 aromatic carbocycles. The van der Waals surface area contributed by atoms with Gasteiger partial charge < -0.3 is 16.4 Å². The molecule has 0 aliphatic rings. The molecule has 8 heteroatoms. The van der Waals surface area contributed by atoms with E-state index < -0.39 is 5.82 Å². The molecule has 0 atom stereocenters. The molecule has 4 N–H and O–H groups in total. The molecule has 0 radical (unpaired) electrons. The number of nitriles is 1. The van der Waals surface area contributed by atoms with Gasteiger partial charge in [-0.25, -0.2) is 9.37 Å². The van der Waals surface area contributed by atoms with Gasteiger partial charge in [-0.2, -0.15) is 10.2 Å². The Bertz CT molecular complexity index is 808. The molecule has 0 unspecified atom stereocenters. The van der Waals surface area contributed by atoms with Crippen LogP contribution in [0.3, 0.4) is 0 Å². The fourth-order valence-electron chi connectivity index (χ4n) is 1.87. The highest BCUT2D eigenvalue weighted by atomic mass is 19.1. The normalized spacial score (nSPS) is 11.3. The number of nitrogens with zero attached hydrogens (tertiary/aromatic N) is 4. The number of allylic oxidation sites excluding steroid dienone is 1. The van der Waals surface area contributed by atoms with Crippen molar-refractivity contribution in [2.45, 2.75) is 6.54 Å². The van der Waals surface area contributed by atoms with Crippen LogP contribution in [0.1, 0.15) is 11.1 Å². The monoisotopic (exact) mass is 325 g/mol. The van der Waals surface area contributed by atoms with E-state index in [9.17, 15) is 4.39 Å². The fourth-order valence-corrected chi connectivity index (χ4v) is 1.87. The maximum atomic E-state index is 13.9. The lowest BCUT2D eigenvalue weighted by Gasteiger charge is -2.09. The number of nitrogens with two attached hydrogens (primary N) is 1. The molecule has 0 aliphatic carbocycles. The third-order valence-electron chi connectivity index (χ3n) is 2.96. The maximum absolute atomic E-state index is 13.9. The number of nitrogens with one attached hydrogen (secondary N) is 2. The summed E-state index contributed by atoms with van der Waals surface area (Å²) in [6, 6.07) is 9.08. The highest BCUT2D eigenvalue weighted by molar-refractivity contribution is 5.81. The first-order chi connectivity index (χ1) is 11.7. The van der Waals surface area contributed by atoms with E-state index >= 15 is 0 Å². The molecule has 1 heterocycles. The van der Waals surface area contributed by atoms with E-state index in [4.69, 9.17) is 11.0 Å². The van der Waals surface area contributed by atoms with E-state index in [0.717, 1.165) is 11.8 Å². The number of halogens is 1. The number of aliphatic imine (C=N–C) groups is 1. The number of rotatable bonds is 6. The van der Waals surface area contributed by atoms with Crippen LogP contribution in [0.2, 0.25) is 0 Å². The Morgan fingerprint density at radius 2 is 2.33 bits per heavy atom. The highest BCUT2D eigenvalue weighted by Gasteiger charge is 2.08. The van der Waals surface area contributed by atoms with Gasteiger partial charge in [0.05, 0.1) is 23.5 Å². The highest BCUT2D eigenvalue weighted by Crippen LogP contribution is 2.14. The number of benzene rings is 1. The van der Waals surface area contributed by atoms with Gasteiger partial charge >= 0.3 is 0 Å². The van der Waals surface area contributed by atoms with Crippen molar-refractivity contribution in [1.82, 2.24) is 9.97 Å². The molecule has 0 saturated heterocycles. The zero-order valence-corrected chi connectivity index (χ0v) is 13.0. The van der Waals surface area contributed by atoms with Gasteiger partial charge in [0, 0.05) is 26.0 Å². The summed E-state index contributed by atoms with van der Waals surface area (Å²) in [7, 11) is 1.60. The van der Waals surface area contributed by atoms with Gasteiger partial charge in [-0.05, 0) is 17.7 Å². The van der Waals surface area contributed by atoms with Gasteiger partial charge in [0.2, 0.25) is 5.95 Å². The Kier molecular flexibility index (Phi) is 5.80. The number of hydrogen-bond acceptors (Lipinski definition) is 7. The van der Waals surface area contributed by atoms with Crippen LogP contribution in [0.4, 0.5) is 16.2 Å². The van der Waals surface area contributed by atoms with Crippen LogP contribution in [0, 0.1) is 17.1 Å². The molecular formula is C16H16FN7. The fraction of sp³-hybridized carbons (Fsp3) is 0.125. The predicted octanol–water partition coefficient (Wildman–Crippen LogP) is 2.01. The summed E-state index contributed by atoms with van der Waals surface area (Å²) >= 11 is 0. The molecule has 2 rings (SSSR count). The number of aromatic nitrogens is 2. The van der Waals surface area contributed by atoms with Crippen LogP contribution in [0.15, 0.2) is 47.4 Å². The Morgan fingerprint density at radius 1 is 1.50 bits per heavy atom. The van der Waals surface area contributed by atoms with Crippen LogP contribution in [0.5, 0.6) is 0 Å². The van der Waals surface area contributed by atoms with Gasteiger partial charge in [0.15, 0.2) is 11.6 Å². The van der Waals surface area contributed by atoms with Crippen molar-refractivity contribution in [3.8, 4) is 6.07 Å². The largest absolute Gasteiger partial charge is 0.403 e. The molecule has 0 amide bonds. The average molecular weight is 325 g/mol. The summed E-state index contributed by atoms with van der Waals surface area (Å²) in [5, 5.41) is 14.6. The summed E-state index contributed by atoms with van der Waals surface area (Å²) in [4.78, 5) is 11.7. The van der Waals surface area contributed by atoms with Crippen LogP contribution in [-0.4, -0.2) is 23.2 Å². The Hall–Kier alpha value is -3.47. The molecule has 7 nitrogen and oxygen atoms in total. The summed E-state index contributed by atoms with van der Waals surface area (Å²) < 4.78 is 13.9. The zero-order valence-electron chi connectivity index (χ0n) is 13.0. The van der Waals surface area contributed by atoms with Crippen LogP contribution in [0.25, 0.3) is 0 Å². The van der Waals surface area contributed by atoms with Crippen molar-refractivity contribution in [2.75, 3.05) is 17.7 Å². The van der Waals surface area contributed by atoms with Crippen LogP contribution >= 0.6 is 0 Å². The second-order valence-electron chi connectivity index (χ2n) is 4.69. The van der Waals surface area contributed by atoms with Gasteiger partial charge in [-0.3, -0.25) is 4.99 Å². The summed E-state index contributed by atoms with van der Waals surface area (Å²) in [6.45, 7) is 0.318. The van der Waals surface area contributed by atoms with Crippen LogP contribution in [-0.2, 0) is 6.54 Å². The van der Waals surface area contributed by atoms with Gasteiger partial charge in [0.25, 0.3) is 0 Å². The molecule has 0 fully saturated rings. The molecule has 24 heavy (non-hydrogen) atoms. The smallest absolute Gasteiger partial charge is 0.229 e. The third-order valence-corrected chi connectivity index (χ3v) is 2.96. The minimum atomic E-state index is -0.584. The Balaban J connectivity index is 2.12. The lowest BCUT2D eigenvalue weighted by Crippen LogP contribution is -2.10. The lowest BCUT2D eigenvalue weighted by molar-refractivity contribution is 0.617. The van der Waals surface area contributed by atoms with E-state index in [1.165, 1.54) is 12.4 Å². The standard InChI is InChI=1S/C16H16FN7/c1-20-9-13(7-19)23-16-22-10-14(17)15(24-16)21-8-12-4-2-3-11(5-12)6-18/h2-5,7,9-10H,8,19H2,1H3,(H2,21,22,23,24)/b13-7+,20-9?. The van der Waals surface area contributed by atoms with E-state index in [0.29, 0.717) is 17.8 Å². The SMILES string of the molecule is CN=C/C(=C\N)Nc1ncc(F)c(NCc2cccc(C#N)c2)n1. The van der Waals surface area contributed by atoms with Crippen molar-refractivity contribution < 1.29 is 4.39 Å². The first-order valence-corrected chi connectivity index (χ1v) is 7.02. The Morgan fingerprint density at radius 3 is 3.04 bits per heavy atom. The average Bonchev–Trinajstić information content (AvgIpc) is 2.61. The first-order valence-electron chi connectivity index (χ1n) is 7.02. The number of hydrogen-bond donors (Lipinski definition) is 3.